The van der Waals surface area contributed by atoms with E-state index in [-0.39, 0.29) is 35.0 Å². The van der Waals surface area contributed by atoms with Crippen molar-refractivity contribution in [3.63, 3.8) is 0 Å². The highest BCUT2D eigenvalue weighted by Crippen LogP contribution is 2.24. The Morgan fingerprint density at radius 3 is 2.46 bits per heavy atom. The molecular formula is C21H27ClN2O3S. The minimum atomic E-state index is -3.44. The maximum Gasteiger partial charge on any atom is 0.251 e. The van der Waals surface area contributed by atoms with Crippen LogP contribution in [0.1, 0.15) is 41.6 Å². The molecule has 0 bridgehead atoms. The molecule has 3 rings (SSSR count). The van der Waals surface area contributed by atoms with Crippen LogP contribution in [0.4, 0.5) is 0 Å². The van der Waals surface area contributed by atoms with Crippen molar-refractivity contribution in [1.82, 2.24) is 5.32 Å². The summed E-state index contributed by atoms with van der Waals surface area (Å²) in [6, 6.07) is 15.3. The molecule has 1 aliphatic rings. The third-order valence-electron chi connectivity index (χ3n) is 5.18. The molecule has 1 saturated carbocycles. The van der Waals surface area contributed by atoms with Gasteiger partial charge in [-0.15, -0.1) is 12.4 Å². The van der Waals surface area contributed by atoms with Crippen molar-refractivity contribution < 1.29 is 13.2 Å². The molecule has 0 saturated heterocycles. The maximum absolute atomic E-state index is 12.7. The van der Waals surface area contributed by atoms with Crippen molar-refractivity contribution in [2.45, 2.75) is 42.4 Å². The Kier molecular flexibility index (Phi) is 8.04. The van der Waals surface area contributed by atoms with E-state index in [1.54, 1.807) is 54.6 Å². The highest BCUT2D eigenvalue weighted by molar-refractivity contribution is 7.90. The first-order chi connectivity index (χ1) is 13.0. The van der Waals surface area contributed by atoms with Gasteiger partial charge in [0.1, 0.15) is 0 Å². The van der Waals surface area contributed by atoms with Crippen molar-refractivity contribution in [1.29, 1.82) is 0 Å². The van der Waals surface area contributed by atoms with E-state index in [9.17, 15) is 13.2 Å². The summed E-state index contributed by atoms with van der Waals surface area (Å²) in [6.07, 6.45) is 4.23. The summed E-state index contributed by atoms with van der Waals surface area (Å²) in [5, 5.41) is 3.09. The summed E-state index contributed by atoms with van der Waals surface area (Å²) in [4.78, 5) is 12.9. The molecule has 0 aliphatic heterocycles. The molecule has 152 valence electrons. The summed E-state index contributed by atoms with van der Waals surface area (Å²) in [6.45, 7) is 0.570. The summed E-state index contributed by atoms with van der Waals surface area (Å²) < 4.78 is 25.1. The van der Waals surface area contributed by atoms with Crippen LogP contribution in [0.15, 0.2) is 59.5 Å². The fraction of sp³-hybridized carbons (Fsp3) is 0.381. The van der Waals surface area contributed by atoms with Crippen LogP contribution in [0.2, 0.25) is 0 Å². The molecule has 1 amide bonds. The third kappa shape index (κ3) is 5.56. The van der Waals surface area contributed by atoms with Gasteiger partial charge in [-0.2, -0.15) is 0 Å². The molecule has 2 unspecified atom stereocenters. The monoisotopic (exact) mass is 422 g/mol. The minimum Gasteiger partial charge on any atom is -0.349 e. The van der Waals surface area contributed by atoms with Crippen LogP contribution >= 0.6 is 12.4 Å². The lowest BCUT2D eigenvalue weighted by molar-refractivity contribution is 0.0908. The molecule has 2 aromatic carbocycles. The fourth-order valence-corrected chi connectivity index (χ4v) is 5.02. The third-order valence-corrected chi connectivity index (χ3v) is 6.88. The number of carbonyl (C=O) groups is 1. The number of carbonyl (C=O) groups excluding carboxylic acids is 1. The second-order valence-corrected chi connectivity index (χ2v) is 9.12. The van der Waals surface area contributed by atoms with Crippen LogP contribution in [0.5, 0.6) is 0 Å². The topological polar surface area (TPSA) is 89.3 Å². The van der Waals surface area contributed by atoms with Crippen molar-refractivity contribution in [3.05, 3.63) is 65.7 Å². The Morgan fingerprint density at radius 1 is 1.04 bits per heavy atom. The van der Waals surface area contributed by atoms with E-state index in [0.29, 0.717) is 23.6 Å². The molecule has 3 N–H and O–H groups in total. The van der Waals surface area contributed by atoms with Crippen LogP contribution in [0.3, 0.4) is 0 Å². The Labute approximate surface area is 173 Å². The van der Waals surface area contributed by atoms with Crippen molar-refractivity contribution in [2.75, 3.05) is 6.54 Å². The van der Waals surface area contributed by atoms with Gasteiger partial charge < -0.3 is 11.1 Å². The molecule has 0 spiro atoms. The van der Waals surface area contributed by atoms with Gasteiger partial charge in [0, 0.05) is 11.6 Å². The largest absolute Gasteiger partial charge is 0.349 e. The Hall–Kier alpha value is -1.89. The zero-order chi connectivity index (χ0) is 19.3. The molecular weight excluding hydrogens is 396 g/mol. The van der Waals surface area contributed by atoms with Crippen LogP contribution in [-0.2, 0) is 15.6 Å². The van der Waals surface area contributed by atoms with E-state index in [0.717, 1.165) is 25.7 Å². The molecule has 7 heteroatoms. The maximum atomic E-state index is 12.7. The van der Waals surface area contributed by atoms with Gasteiger partial charge in [0.15, 0.2) is 9.84 Å². The van der Waals surface area contributed by atoms with Crippen LogP contribution in [-0.4, -0.2) is 26.9 Å². The van der Waals surface area contributed by atoms with Gasteiger partial charge in [-0.1, -0.05) is 43.2 Å². The Morgan fingerprint density at radius 2 is 1.75 bits per heavy atom. The lowest BCUT2D eigenvalue weighted by atomic mass is 9.84. The normalized spacial score (nSPS) is 19.5. The van der Waals surface area contributed by atoms with E-state index < -0.39 is 9.84 Å². The average Bonchev–Trinajstić information content (AvgIpc) is 2.69. The lowest BCUT2D eigenvalue weighted by Gasteiger charge is -2.31. The van der Waals surface area contributed by atoms with Gasteiger partial charge in [0.05, 0.1) is 10.6 Å². The molecule has 0 radical (unpaired) electrons. The van der Waals surface area contributed by atoms with Gasteiger partial charge in [-0.3, -0.25) is 4.79 Å². The van der Waals surface area contributed by atoms with Crippen molar-refractivity contribution in [3.8, 4) is 0 Å². The second kappa shape index (κ2) is 10.0. The SMILES string of the molecule is Cl.NCC1CCCCC1NC(=O)c1cccc(CS(=O)(=O)c2ccccc2)c1. The van der Waals surface area contributed by atoms with Crippen molar-refractivity contribution >= 4 is 28.2 Å². The highest BCUT2D eigenvalue weighted by Gasteiger charge is 2.25. The number of sulfone groups is 1. The standard InChI is InChI=1S/C21H26N2O3S.ClH/c22-14-18-8-4-5-12-20(18)23-21(24)17-9-6-7-16(13-17)15-27(25,26)19-10-2-1-3-11-19;/h1-3,6-7,9-11,13,18,20H,4-5,8,12,14-15,22H2,(H,23,24);1H. The van der Waals surface area contributed by atoms with Gasteiger partial charge >= 0.3 is 0 Å². The minimum absolute atomic E-state index is 0. The lowest BCUT2D eigenvalue weighted by Crippen LogP contribution is -2.44. The van der Waals surface area contributed by atoms with E-state index >= 15 is 0 Å². The predicted octanol–water partition coefficient (Wildman–Crippen LogP) is 3.33. The van der Waals surface area contributed by atoms with Gasteiger partial charge in [0.2, 0.25) is 0 Å². The average molecular weight is 423 g/mol. The van der Waals surface area contributed by atoms with Crippen molar-refractivity contribution in [2.24, 2.45) is 11.7 Å². The van der Waals surface area contributed by atoms with E-state index in [2.05, 4.69) is 5.32 Å². The number of hydrogen-bond acceptors (Lipinski definition) is 4. The number of rotatable bonds is 6. The molecule has 2 aromatic rings. The second-order valence-electron chi connectivity index (χ2n) is 7.13. The van der Waals surface area contributed by atoms with Gasteiger partial charge in [0.25, 0.3) is 5.91 Å². The van der Waals surface area contributed by atoms with Crippen LogP contribution in [0, 0.1) is 5.92 Å². The Balaban J connectivity index is 0.00000280. The number of halogens is 1. The van der Waals surface area contributed by atoms with Gasteiger partial charge in [-0.05, 0) is 55.1 Å². The Bertz CT molecular complexity index is 888. The number of nitrogens with two attached hydrogens (primary N) is 1. The number of nitrogens with one attached hydrogen (secondary N) is 1. The molecule has 1 aliphatic carbocycles. The summed E-state index contributed by atoms with van der Waals surface area (Å²) in [5.41, 5.74) is 6.92. The van der Waals surface area contributed by atoms with Crippen LogP contribution < -0.4 is 11.1 Å². The molecule has 28 heavy (non-hydrogen) atoms. The zero-order valence-electron chi connectivity index (χ0n) is 15.7. The molecule has 0 aromatic heterocycles. The first-order valence-electron chi connectivity index (χ1n) is 9.37. The number of amides is 1. The molecule has 1 fully saturated rings. The summed E-state index contributed by atoms with van der Waals surface area (Å²) in [7, 11) is -3.44. The summed E-state index contributed by atoms with van der Waals surface area (Å²) >= 11 is 0. The molecule has 0 heterocycles. The molecule has 2 atom stereocenters. The van der Waals surface area contributed by atoms with E-state index in [4.69, 9.17) is 5.73 Å². The fourth-order valence-electron chi connectivity index (χ4n) is 3.66. The first-order valence-corrected chi connectivity index (χ1v) is 11.0. The quantitative estimate of drug-likeness (QED) is 0.747. The van der Waals surface area contributed by atoms with Crippen LogP contribution in [0.25, 0.3) is 0 Å². The highest BCUT2D eigenvalue weighted by atomic mass is 35.5. The smallest absolute Gasteiger partial charge is 0.251 e. The van der Waals surface area contributed by atoms with Gasteiger partial charge in [-0.25, -0.2) is 8.42 Å². The summed E-state index contributed by atoms with van der Waals surface area (Å²) in [5.74, 6) is 0.0103. The number of hydrogen-bond donors (Lipinski definition) is 2. The predicted molar refractivity (Wildman–Crippen MR) is 113 cm³/mol. The first kappa shape index (κ1) is 22.4. The molecule has 5 nitrogen and oxygen atoms in total. The van der Waals surface area contributed by atoms with E-state index in [1.165, 1.54) is 0 Å². The zero-order valence-corrected chi connectivity index (χ0v) is 17.3. The van der Waals surface area contributed by atoms with E-state index in [1.807, 2.05) is 0 Å². The number of benzene rings is 2.